The fraction of sp³-hybridized carbons (Fsp3) is 0.543. The zero-order chi connectivity index (χ0) is 26.8. The normalized spacial score (nSPS) is 12.1. The van der Waals surface area contributed by atoms with Gasteiger partial charge in [-0.25, -0.2) is 0 Å². The van der Waals surface area contributed by atoms with E-state index in [-0.39, 0.29) is 5.04 Å². The van der Waals surface area contributed by atoms with Crippen molar-refractivity contribution in [1.82, 2.24) is 0 Å². The molecule has 0 aliphatic rings. The van der Waals surface area contributed by atoms with Crippen LogP contribution in [0.3, 0.4) is 0 Å². The van der Waals surface area contributed by atoms with Crippen LogP contribution >= 0.6 is 0 Å². The van der Waals surface area contributed by atoms with Crippen molar-refractivity contribution >= 4 is 18.7 Å². The second kappa shape index (κ2) is 17.6. The number of hydrogen-bond donors (Lipinski definition) is 0. The number of unbranched alkanes of at least 4 members (excludes halogenated alkanes) is 10. The van der Waals surface area contributed by atoms with Gasteiger partial charge in [0.1, 0.15) is 0 Å². The van der Waals surface area contributed by atoms with Gasteiger partial charge < -0.3 is 4.43 Å². The van der Waals surface area contributed by atoms with E-state index in [2.05, 4.69) is 94.6 Å². The average molecular weight is 519 g/mol. The minimum atomic E-state index is -2.51. The quantitative estimate of drug-likeness (QED) is 0.0962. The Hall–Kier alpha value is -1.90. The molecule has 2 aromatic carbocycles. The molecule has 204 valence electrons. The maximum atomic E-state index is 7.58. The number of rotatable bonds is 20. The van der Waals surface area contributed by atoms with Crippen LogP contribution in [0.15, 0.2) is 86.0 Å². The SMILES string of the molecule is C=CCCCCCCCC(CCCCCCCC=C)O[Si](c1ccccc1)(c1ccccc1)C(C)(C)C. The highest BCUT2D eigenvalue weighted by Crippen LogP contribution is 2.38. The van der Waals surface area contributed by atoms with Gasteiger partial charge in [-0.2, -0.15) is 0 Å². The molecule has 2 rings (SSSR count). The van der Waals surface area contributed by atoms with E-state index in [0.29, 0.717) is 6.10 Å². The highest BCUT2D eigenvalue weighted by atomic mass is 28.4. The Morgan fingerprint density at radius 1 is 0.622 bits per heavy atom. The summed E-state index contributed by atoms with van der Waals surface area (Å²) in [6.45, 7) is 14.9. The first-order chi connectivity index (χ1) is 18.0. The molecule has 0 aromatic heterocycles. The second-order valence-corrected chi connectivity index (χ2v) is 15.9. The van der Waals surface area contributed by atoms with Crippen LogP contribution in [-0.4, -0.2) is 14.4 Å². The van der Waals surface area contributed by atoms with Gasteiger partial charge in [0.2, 0.25) is 0 Å². The summed E-state index contributed by atoms with van der Waals surface area (Å²) in [6.07, 6.45) is 22.0. The third-order valence-electron chi connectivity index (χ3n) is 7.63. The van der Waals surface area contributed by atoms with Crippen molar-refractivity contribution < 1.29 is 4.43 Å². The van der Waals surface area contributed by atoms with Gasteiger partial charge in [-0.1, -0.05) is 145 Å². The molecule has 0 atom stereocenters. The van der Waals surface area contributed by atoms with Crippen molar-refractivity contribution in [3.63, 3.8) is 0 Å². The minimum absolute atomic E-state index is 0.0311. The van der Waals surface area contributed by atoms with Crippen LogP contribution in [0.2, 0.25) is 5.04 Å². The average Bonchev–Trinajstić information content (AvgIpc) is 2.90. The first kappa shape index (κ1) is 31.3. The van der Waals surface area contributed by atoms with Crippen LogP contribution in [0.4, 0.5) is 0 Å². The van der Waals surface area contributed by atoms with Gasteiger partial charge in [0.05, 0.1) is 0 Å². The molecule has 0 aliphatic carbocycles. The molecule has 2 aromatic rings. The van der Waals surface area contributed by atoms with Crippen molar-refractivity contribution in [3.8, 4) is 0 Å². The molecule has 0 aliphatic heterocycles. The first-order valence-electron chi connectivity index (χ1n) is 15.0. The monoisotopic (exact) mass is 518 g/mol. The van der Waals surface area contributed by atoms with Crippen LogP contribution < -0.4 is 10.4 Å². The molecule has 0 radical (unpaired) electrons. The smallest absolute Gasteiger partial charge is 0.261 e. The molecule has 0 saturated carbocycles. The Balaban J connectivity index is 2.22. The molecular weight excluding hydrogens is 464 g/mol. The molecule has 0 fully saturated rings. The van der Waals surface area contributed by atoms with Crippen LogP contribution in [0.1, 0.15) is 111 Å². The molecule has 0 heterocycles. The van der Waals surface area contributed by atoms with Crippen molar-refractivity contribution in [3.05, 3.63) is 86.0 Å². The van der Waals surface area contributed by atoms with Crippen molar-refractivity contribution in [2.24, 2.45) is 0 Å². The zero-order valence-corrected chi connectivity index (χ0v) is 25.2. The van der Waals surface area contributed by atoms with E-state index < -0.39 is 8.32 Å². The highest BCUT2D eigenvalue weighted by Gasteiger charge is 2.51. The maximum absolute atomic E-state index is 7.58. The molecule has 37 heavy (non-hydrogen) atoms. The fourth-order valence-electron chi connectivity index (χ4n) is 5.59. The number of benzene rings is 2. The lowest BCUT2D eigenvalue weighted by Gasteiger charge is -2.45. The summed E-state index contributed by atoms with van der Waals surface area (Å²) in [5.74, 6) is 0. The molecule has 0 N–H and O–H groups in total. The Morgan fingerprint density at radius 3 is 1.38 bits per heavy atom. The van der Waals surface area contributed by atoms with Crippen molar-refractivity contribution in [1.29, 1.82) is 0 Å². The zero-order valence-electron chi connectivity index (χ0n) is 24.2. The van der Waals surface area contributed by atoms with Crippen LogP contribution in [0.5, 0.6) is 0 Å². The summed E-state index contributed by atoms with van der Waals surface area (Å²) in [5, 5.41) is 2.82. The van der Waals surface area contributed by atoms with E-state index in [9.17, 15) is 0 Å². The predicted molar refractivity (Wildman–Crippen MR) is 168 cm³/mol. The minimum Gasteiger partial charge on any atom is -0.404 e. The van der Waals surface area contributed by atoms with Gasteiger partial charge in [0, 0.05) is 6.10 Å². The lowest BCUT2D eigenvalue weighted by atomic mass is 10.0. The summed E-state index contributed by atoms with van der Waals surface area (Å²) in [4.78, 5) is 0. The summed E-state index contributed by atoms with van der Waals surface area (Å²) < 4.78 is 7.58. The largest absolute Gasteiger partial charge is 0.404 e. The maximum Gasteiger partial charge on any atom is 0.261 e. The van der Waals surface area contributed by atoms with E-state index in [0.717, 1.165) is 12.8 Å². The topological polar surface area (TPSA) is 9.23 Å². The van der Waals surface area contributed by atoms with Gasteiger partial charge >= 0.3 is 0 Å². The van der Waals surface area contributed by atoms with E-state index >= 15 is 0 Å². The Bertz CT molecular complexity index is 790. The lowest BCUT2D eigenvalue weighted by molar-refractivity contribution is 0.160. The molecule has 0 saturated heterocycles. The Labute approximate surface area is 230 Å². The van der Waals surface area contributed by atoms with E-state index in [1.807, 2.05) is 12.2 Å². The van der Waals surface area contributed by atoms with Gasteiger partial charge in [-0.3, -0.25) is 0 Å². The van der Waals surface area contributed by atoms with Crippen LogP contribution in [0, 0.1) is 0 Å². The van der Waals surface area contributed by atoms with E-state index in [1.54, 1.807) is 0 Å². The highest BCUT2D eigenvalue weighted by molar-refractivity contribution is 6.99. The number of allylic oxidation sites excluding steroid dienone is 2. The Morgan fingerprint density at radius 2 is 1.00 bits per heavy atom. The fourth-order valence-corrected chi connectivity index (χ4v) is 10.3. The van der Waals surface area contributed by atoms with Crippen molar-refractivity contribution in [2.75, 3.05) is 0 Å². The Kier molecular flexibility index (Phi) is 14.9. The van der Waals surface area contributed by atoms with Crippen LogP contribution in [0.25, 0.3) is 0 Å². The standard InChI is InChI=1S/C35H54OSi/c1-6-8-10-12-14-16-20-26-32(27-21-17-15-13-11-9-7-2)36-37(35(3,4)5,33-28-22-18-23-29-33)34-30-24-19-25-31-34/h6-7,18-19,22-25,28-32H,1-2,8-17,20-21,26-27H2,3-5H3. The second-order valence-electron chi connectivity index (χ2n) is 11.7. The van der Waals surface area contributed by atoms with Gasteiger partial charge in [-0.15, -0.1) is 13.2 Å². The van der Waals surface area contributed by atoms with Gasteiger partial charge in [0.25, 0.3) is 8.32 Å². The molecule has 1 nitrogen and oxygen atoms in total. The van der Waals surface area contributed by atoms with E-state index in [1.165, 1.54) is 87.4 Å². The van der Waals surface area contributed by atoms with Gasteiger partial charge in [-0.05, 0) is 53.9 Å². The molecule has 0 spiro atoms. The molecular formula is C35H54OSi. The molecule has 0 unspecified atom stereocenters. The summed E-state index contributed by atoms with van der Waals surface area (Å²) >= 11 is 0. The van der Waals surface area contributed by atoms with E-state index in [4.69, 9.17) is 4.43 Å². The van der Waals surface area contributed by atoms with Crippen molar-refractivity contribution in [2.45, 2.75) is 122 Å². The third kappa shape index (κ3) is 10.4. The first-order valence-corrected chi connectivity index (χ1v) is 16.9. The molecule has 2 heteroatoms. The van der Waals surface area contributed by atoms with Gasteiger partial charge in [0.15, 0.2) is 0 Å². The molecule has 0 bridgehead atoms. The number of hydrogen-bond acceptors (Lipinski definition) is 1. The molecule has 0 amide bonds. The summed E-state index contributed by atoms with van der Waals surface area (Å²) in [5.41, 5.74) is 0. The summed E-state index contributed by atoms with van der Waals surface area (Å²) in [7, 11) is -2.51. The predicted octanol–water partition coefficient (Wildman–Crippen LogP) is 9.76. The van der Waals surface area contributed by atoms with Crippen LogP contribution in [-0.2, 0) is 4.43 Å². The lowest BCUT2D eigenvalue weighted by Crippen LogP contribution is -2.67. The summed E-state index contributed by atoms with van der Waals surface area (Å²) in [6, 6.07) is 22.3. The third-order valence-corrected chi connectivity index (χ3v) is 12.7.